The number of ketones is 1. The molecular formula is C28H30O3. The van der Waals surface area contributed by atoms with Gasteiger partial charge in [0.2, 0.25) is 0 Å². The van der Waals surface area contributed by atoms with Crippen LogP contribution >= 0.6 is 0 Å². The first-order chi connectivity index (χ1) is 14.9. The van der Waals surface area contributed by atoms with Gasteiger partial charge in [-0.25, -0.2) is 0 Å². The van der Waals surface area contributed by atoms with Crippen molar-refractivity contribution in [1.82, 2.24) is 0 Å². The number of rotatable bonds is 2. The van der Waals surface area contributed by atoms with Crippen LogP contribution in [0.2, 0.25) is 0 Å². The van der Waals surface area contributed by atoms with Gasteiger partial charge in [0.25, 0.3) is 0 Å². The Kier molecular flexibility index (Phi) is 4.83. The van der Waals surface area contributed by atoms with E-state index in [1.165, 1.54) is 22.3 Å². The van der Waals surface area contributed by atoms with Gasteiger partial charge in [-0.05, 0) is 80.1 Å². The normalized spacial score (nSPS) is 36.5. The molecule has 1 N–H and O–H groups in total. The fourth-order valence-electron chi connectivity index (χ4n) is 7.18. The Morgan fingerprint density at radius 3 is 2.61 bits per heavy atom. The molecule has 4 aliphatic rings. The van der Waals surface area contributed by atoms with Gasteiger partial charge >= 0.3 is 0 Å². The minimum atomic E-state index is -0.956. The molecule has 5 atom stereocenters. The molecule has 5 rings (SSSR count). The first-order valence-electron chi connectivity index (χ1n) is 11.6. The highest BCUT2D eigenvalue weighted by Gasteiger charge is 2.62. The summed E-state index contributed by atoms with van der Waals surface area (Å²) in [5, 5.41) is 11.7. The standard InChI is InChI=1S/C28H30O3/c1-3-13-28(31)14-12-25-23-10-8-20-15-21(30)9-11-22(20)26(23)24(16-27(25,28)2)19-6-4-18(17-29)5-7-19/h4-7,15,17,23-25,31H,8-12,14,16H2,1-2H3/t23-,24+,25-,27-,28-/m0/s1. The molecule has 1 aromatic rings. The molecule has 0 amide bonds. The Bertz CT molecular complexity index is 1060. The second-order valence-corrected chi connectivity index (χ2v) is 10.1. The molecule has 0 radical (unpaired) electrons. The third-order valence-electron chi connectivity index (χ3n) is 8.69. The second-order valence-electron chi connectivity index (χ2n) is 10.1. The molecule has 2 saturated carbocycles. The lowest BCUT2D eigenvalue weighted by Gasteiger charge is -2.53. The van der Waals surface area contributed by atoms with Crippen molar-refractivity contribution in [3.05, 3.63) is 58.2 Å². The van der Waals surface area contributed by atoms with Gasteiger partial charge in [0, 0.05) is 23.3 Å². The van der Waals surface area contributed by atoms with Gasteiger partial charge < -0.3 is 5.11 Å². The van der Waals surface area contributed by atoms with Crippen molar-refractivity contribution in [1.29, 1.82) is 0 Å². The SMILES string of the molecule is CC#C[C@]1(O)CC[C@H]2[C@@H]3CCC4=CC(=O)CCC4=C3[C@@H](c3ccc(C=O)cc3)C[C@@]21C. The van der Waals surface area contributed by atoms with E-state index in [2.05, 4.69) is 30.9 Å². The average Bonchev–Trinajstić information content (AvgIpc) is 3.03. The molecule has 3 heteroatoms. The average molecular weight is 415 g/mol. The van der Waals surface area contributed by atoms with E-state index in [9.17, 15) is 14.7 Å². The van der Waals surface area contributed by atoms with Crippen LogP contribution in [-0.2, 0) is 4.79 Å². The molecule has 160 valence electrons. The molecule has 0 heterocycles. The molecule has 1 aromatic carbocycles. The van der Waals surface area contributed by atoms with E-state index < -0.39 is 5.60 Å². The fourth-order valence-corrected chi connectivity index (χ4v) is 7.18. The number of allylic oxidation sites excluding steroid dienone is 4. The third-order valence-corrected chi connectivity index (χ3v) is 8.69. The topological polar surface area (TPSA) is 54.4 Å². The molecule has 0 spiro atoms. The summed E-state index contributed by atoms with van der Waals surface area (Å²) in [6.45, 7) is 4.07. The van der Waals surface area contributed by atoms with Gasteiger partial charge in [0.05, 0.1) is 0 Å². The van der Waals surface area contributed by atoms with Gasteiger partial charge in [-0.15, -0.1) is 5.92 Å². The van der Waals surface area contributed by atoms with Crippen LogP contribution in [0.1, 0.15) is 80.6 Å². The maximum Gasteiger partial charge on any atom is 0.156 e. The molecule has 4 aliphatic carbocycles. The van der Waals surface area contributed by atoms with Crippen molar-refractivity contribution < 1.29 is 14.7 Å². The minimum Gasteiger partial charge on any atom is -0.377 e. The van der Waals surface area contributed by atoms with Crippen molar-refractivity contribution in [3.8, 4) is 11.8 Å². The zero-order valence-corrected chi connectivity index (χ0v) is 18.4. The highest BCUT2D eigenvalue weighted by molar-refractivity contribution is 5.93. The maximum absolute atomic E-state index is 12.1. The summed E-state index contributed by atoms with van der Waals surface area (Å²) in [5.41, 5.74) is 4.79. The Balaban J connectivity index is 1.69. The molecule has 0 unspecified atom stereocenters. The zero-order valence-electron chi connectivity index (χ0n) is 18.4. The van der Waals surface area contributed by atoms with Crippen LogP contribution in [0.4, 0.5) is 0 Å². The van der Waals surface area contributed by atoms with E-state index in [1.807, 2.05) is 25.1 Å². The summed E-state index contributed by atoms with van der Waals surface area (Å²) in [5.74, 6) is 7.46. The van der Waals surface area contributed by atoms with Crippen LogP contribution in [0.25, 0.3) is 0 Å². The number of carbonyl (C=O) groups excluding carboxylic acids is 2. The highest BCUT2D eigenvalue weighted by Crippen LogP contribution is 2.66. The molecule has 31 heavy (non-hydrogen) atoms. The zero-order chi connectivity index (χ0) is 21.8. The number of hydrogen-bond donors (Lipinski definition) is 1. The first-order valence-corrected chi connectivity index (χ1v) is 11.6. The van der Waals surface area contributed by atoms with Gasteiger partial charge in [-0.3, -0.25) is 9.59 Å². The number of fused-ring (bicyclic) bond motifs is 4. The van der Waals surface area contributed by atoms with Crippen LogP contribution in [0.15, 0.2) is 47.1 Å². The minimum absolute atomic E-state index is 0.183. The van der Waals surface area contributed by atoms with Crippen LogP contribution < -0.4 is 0 Å². The lowest BCUT2D eigenvalue weighted by molar-refractivity contribution is -0.114. The second kappa shape index (κ2) is 7.31. The summed E-state index contributed by atoms with van der Waals surface area (Å²) in [6.07, 6.45) is 8.77. The molecule has 0 aliphatic heterocycles. The smallest absolute Gasteiger partial charge is 0.156 e. The van der Waals surface area contributed by atoms with E-state index in [4.69, 9.17) is 0 Å². The van der Waals surface area contributed by atoms with E-state index in [-0.39, 0.29) is 17.1 Å². The van der Waals surface area contributed by atoms with Gasteiger partial charge in [0.15, 0.2) is 5.78 Å². The monoisotopic (exact) mass is 414 g/mol. The summed E-state index contributed by atoms with van der Waals surface area (Å²) in [4.78, 5) is 23.3. The number of hydrogen-bond acceptors (Lipinski definition) is 3. The maximum atomic E-state index is 12.1. The largest absolute Gasteiger partial charge is 0.377 e. The lowest BCUT2D eigenvalue weighted by atomic mass is 9.51. The molecule has 0 saturated heterocycles. The van der Waals surface area contributed by atoms with Crippen molar-refractivity contribution >= 4 is 12.1 Å². The van der Waals surface area contributed by atoms with E-state index >= 15 is 0 Å². The van der Waals surface area contributed by atoms with Crippen LogP contribution in [0, 0.1) is 29.1 Å². The van der Waals surface area contributed by atoms with E-state index in [0.29, 0.717) is 23.8 Å². The molecule has 2 fully saturated rings. The number of aldehydes is 1. The van der Waals surface area contributed by atoms with Gasteiger partial charge in [-0.1, -0.05) is 42.7 Å². The van der Waals surface area contributed by atoms with Crippen molar-refractivity contribution in [2.75, 3.05) is 0 Å². The summed E-state index contributed by atoms with van der Waals surface area (Å²) in [6, 6.07) is 7.95. The van der Waals surface area contributed by atoms with Crippen LogP contribution in [0.3, 0.4) is 0 Å². The molecule has 0 bridgehead atoms. The summed E-state index contributed by atoms with van der Waals surface area (Å²) >= 11 is 0. The Morgan fingerprint density at radius 1 is 1.13 bits per heavy atom. The van der Waals surface area contributed by atoms with Crippen molar-refractivity contribution in [2.45, 2.75) is 70.3 Å². The van der Waals surface area contributed by atoms with Crippen molar-refractivity contribution in [3.63, 3.8) is 0 Å². The number of aliphatic hydroxyl groups is 1. The molecule has 3 nitrogen and oxygen atoms in total. The third kappa shape index (κ3) is 2.99. The first kappa shape index (κ1) is 20.5. The fraction of sp³-hybridized carbons (Fsp3) is 0.500. The number of carbonyl (C=O) groups is 2. The Labute approximate surface area is 184 Å². The van der Waals surface area contributed by atoms with E-state index in [1.54, 1.807) is 0 Å². The molecule has 0 aromatic heterocycles. The van der Waals surface area contributed by atoms with E-state index in [0.717, 1.165) is 44.8 Å². The van der Waals surface area contributed by atoms with Crippen LogP contribution in [0.5, 0.6) is 0 Å². The van der Waals surface area contributed by atoms with Crippen LogP contribution in [-0.4, -0.2) is 22.8 Å². The quantitative estimate of drug-likeness (QED) is 0.538. The Hall–Kier alpha value is -2.44. The van der Waals surface area contributed by atoms with Gasteiger partial charge in [0.1, 0.15) is 11.9 Å². The van der Waals surface area contributed by atoms with Crippen molar-refractivity contribution in [2.24, 2.45) is 17.3 Å². The molecular weight excluding hydrogens is 384 g/mol. The number of benzene rings is 1. The highest BCUT2D eigenvalue weighted by atomic mass is 16.3. The predicted molar refractivity (Wildman–Crippen MR) is 120 cm³/mol. The lowest BCUT2D eigenvalue weighted by Crippen LogP contribution is -2.51. The Morgan fingerprint density at radius 2 is 1.90 bits per heavy atom. The summed E-state index contributed by atoms with van der Waals surface area (Å²) < 4.78 is 0. The predicted octanol–water partition coefficient (Wildman–Crippen LogP) is 5.15. The summed E-state index contributed by atoms with van der Waals surface area (Å²) in [7, 11) is 0. The van der Waals surface area contributed by atoms with Gasteiger partial charge in [-0.2, -0.15) is 0 Å².